The van der Waals surface area contributed by atoms with Crippen LogP contribution in [-0.2, 0) is 0 Å². The molecule has 0 heterocycles. The van der Waals surface area contributed by atoms with E-state index in [4.69, 9.17) is 17.2 Å². The summed E-state index contributed by atoms with van der Waals surface area (Å²) in [5.74, 6) is 2.52. The zero-order valence-corrected chi connectivity index (χ0v) is 19.3. The van der Waals surface area contributed by atoms with Gasteiger partial charge in [0.05, 0.1) is 0 Å². The van der Waals surface area contributed by atoms with Gasteiger partial charge in [-0.2, -0.15) is 0 Å². The second kappa shape index (κ2) is 6.44. The Morgan fingerprint density at radius 2 is 1.54 bits per heavy atom. The zero-order chi connectivity index (χ0) is 20.6. The number of rotatable bonds is 3. The summed E-state index contributed by atoms with van der Waals surface area (Å²) in [6, 6.07) is 0. The second-order valence-electron chi connectivity index (χ2n) is 12.2. The Morgan fingerprint density at radius 1 is 0.893 bits per heavy atom. The highest BCUT2D eigenvalue weighted by atomic mass is 15.0. The van der Waals surface area contributed by atoms with E-state index in [1.165, 1.54) is 57.8 Å². The molecule has 162 valence electrons. The summed E-state index contributed by atoms with van der Waals surface area (Å²) in [5.41, 5.74) is 21.8. The van der Waals surface area contributed by atoms with Crippen molar-refractivity contribution in [1.82, 2.24) is 0 Å². The second-order valence-corrected chi connectivity index (χ2v) is 12.2. The van der Waals surface area contributed by atoms with Crippen LogP contribution in [0, 0.1) is 39.9 Å². The van der Waals surface area contributed by atoms with E-state index in [0.717, 1.165) is 18.9 Å². The summed E-state index contributed by atoms with van der Waals surface area (Å²) in [5, 5.41) is 0. The Kier molecular flexibility index (Phi) is 4.86. The number of fused-ring (bicyclic) bond motifs is 5. The van der Waals surface area contributed by atoms with Crippen LogP contribution < -0.4 is 17.2 Å². The van der Waals surface area contributed by atoms with Gasteiger partial charge in [-0.1, -0.05) is 53.9 Å². The molecule has 0 aromatic carbocycles. The van der Waals surface area contributed by atoms with E-state index in [-0.39, 0.29) is 21.9 Å². The fourth-order valence-electron chi connectivity index (χ4n) is 9.81. The molecule has 0 radical (unpaired) electrons. The molecule has 0 bridgehead atoms. The maximum atomic E-state index is 7.70. The van der Waals surface area contributed by atoms with Crippen LogP contribution in [-0.4, -0.2) is 17.6 Å². The van der Waals surface area contributed by atoms with Crippen molar-refractivity contribution in [3.05, 3.63) is 0 Å². The summed E-state index contributed by atoms with van der Waals surface area (Å²) < 4.78 is 0. The minimum atomic E-state index is -0.0846. The van der Waals surface area contributed by atoms with E-state index < -0.39 is 0 Å². The predicted octanol–water partition coefficient (Wildman–Crippen LogP) is 4.82. The molecule has 9 atom stereocenters. The van der Waals surface area contributed by atoms with E-state index >= 15 is 0 Å². The molecular weight excluding hydrogens is 342 g/mol. The molecular formula is C25H47N3. The molecule has 4 rings (SSSR count). The van der Waals surface area contributed by atoms with Crippen LogP contribution in [0.3, 0.4) is 0 Å². The molecule has 0 aromatic heterocycles. The maximum absolute atomic E-state index is 7.70. The van der Waals surface area contributed by atoms with Gasteiger partial charge >= 0.3 is 0 Å². The van der Waals surface area contributed by atoms with Crippen molar-refractivity contribution >= 4 is 0 Å². The van der Waals surface area contributed by atoms with Crippen molar-refractivity contribution in [3.8, 4) is 0 Å². The molecule has 3 heteroatoms. The lowest BCUT2D eigenvalue weighted by Gasteiger charge is -2.75. The number of nitrogens with two attached hydrogens (primary N) is 3. The molecule has 7 unspecified atom stereocenters. The molecule has 4 aliphatic carbocycles. The highest BCUT2D eigenvalue weighted by Gasteiger charge is 2.74. The van der Waals surface area contributed by atoms with Gasteiger partial charge in [-0.25, -0.2) is 0 Å². The minimum Gasteiger partial charge on any atom is -0.330 e. The SMILES string of the molecule is CC[C@H]1CC2(N)C3CCC([C@H](C)CN)C3(C)CCC2(C)C2(C)CCCCC12N. The highest BCUT2D eigenvalue weighted by molar-refractivity contribution is 5.28. The van der Waals surface area contributed by atoms with Crippen LogP contribution in [0.2, 0.25) is 0 Å². The highest BCUT2D eigenvalue weighted by Crippen LogP contribution is 2.75. The van der Waals surface area contributed by atoms with Gasteiger partial charge in [0, 0.05) is 11.1 Å². The van der Waals surface area contributed by atoms with Crippen LogP contribution >= 0.6 is 0 Å². The Bertz CT molecular complexity index is 621. The average molecular weight is 390 g/mol. The van der Waals surface area contributed by atoms with Crippen LogP contribution in [0.4, 0.5) is 0 Å². The molecule has 4 saturated carbocycles. The molecule has 4 aliphatic rings. The van der Waals surface area contributed by atoms with Gasteiger partial charge in [0.2, 0.25) is 0 Å². The largest absolute Gasteiger partial charge is 0.330 e. The van der Waals surface area contributed by atoms with Crippen LogP contribution in [0.25, 0.3) is 0 Å². The maximum Gasteiger partial charge on any atom is 0.0251 e. The van der Waals surface area contributed by atoms with Gasteiger partial charge in [0.15, 0.2) is 0 Å². The fourth-order valence-corrected chi connectivity index (χ4v) is 9.81. The first kappa shape index (κ1) is 21.1. The fraction of sp³-hybridized carbons (Fsp3) is 1.00. The summed E-state index contributed by atoms with van der Waals surface area (Å²) in [7, 11) is 0. The van der Waals surface area contributed by atoms with Crippen LogP contribution in [0.15, 0.2) is 0 Å². The predicted molar refractivity (Wildman–Crippen MR) is 119 cm³/mol. The summed E-state index contributed by atoms with van der Waals surface area (Å²) in [4.78, 5) is 0. The quantitative estimate of drug-likeness (QED) is 0.647. The van der Waals surface area contributed by atoms with E-state index in [9.17, 15) is 0 Å². The van der Waals surface area contributed by atoms with Gasteiger partial charge in [-0.3, -0.25) is 0 Å². The van der Waals surface area contributed by atoms with E-state index in [1.807, 2.05) is 0 Å². The van der Waals surface area contributed by atoms with Gasteiger partial charge in [-0.05, 0) is 91.4 Å². The standard InChI is InChI=1S/C25H47N3/c1-6-18-15-25(28)20-10-9-19(17(2)16-26)21(20,3)13-14-23(25,5)22(4)11-7-8-12-24(18,22)27/h17-20H,6-16,26-28H2,1-5H3/t17-,18+,19?,20?,21?,22?,23?,24?,25?/m1/s1. The lowest BCUT2D eigenvalue weighted by Crippen LogP contribution is -2.81. The Morgan fingerprint density at radius 3 is 2.18 bits per heavy atom. The van der Waals surface area contributed by atoms with Crippen LogP contribution in [0.1, 0.15) is 98.8 Å². The van der Waals surface area contributed by atoms with E-state index in [0.29, 0.717) is 23.2 Å². The smallest absolute Gasteiger partial charge is 0.0251 e. The lowest BCUT2D eigenvalue weighted by atomic mass is 9.32. The van der Waals surface area contributed by atoms with Gasteiger partial charge < -0.3 is 17.2 Å². The minimum absolute atomic E-state index is 0.0338. The van der Waals surface area contributed by atoms with Gasteiger partial charge in [0.1, 0.15) is 0 Å². The monoisotopic (exact) mass is 389 g/mol. The topological polar surface area (TPSA) is 78.1 Å². The summed E-state index contributed by atoms with van der Waals surface area (Å²) >= 11 is 0. The normalized spacial score (nSPS) is 57.2. The molecule has 0 saturated heterocycles. The van der Waals surface area contributed by atoms with Gasteiger partial charge in [-0.15, -0.1) is 0 Å². The molecule has 0 aliphatic heterocycles. The third-order valence-electron chi connectivity index (χ3n) is 11.8. The molecule has 0 amide bonds. The van der Waals surface area contributed by atoms with Gasteiger partial charge in [0.25, 0.3) is 0 Å². The van der Waals surface area contributed by atoms with Crippen molar-refractivity contribution in [2.24, 2.45) is 57.1 Å². The first-order chi connectivity index (χ1) is 13.0. The molecule has 3 nitrogen and oxygen atoms in total. The Balaban J connectivity index is 1.81. The molecule has 0 spiro atoms. The molecule has 6 N–H and O–H groups in total. The van der Waals surface area contributed by atoms with Crippen molar-refractivity contribution < 1.29 is 0 Å². The van der Waals surface area contributed by atoms with Crippen molar-refractivity contribution in [2.45, 2.75) is 110 Å². The molecule has 4 fully saturated rings. The number of hydrogen-bond acceptors (Lipinski definition) is 3. The van der Waals surface area contributed by atoms with Crippen molar-refractivity contribution in [1.29, 1.82) is 0 Å². The zero-order valence-electron chi connectivity index (χ0n) is 19.3. The lowest BCUT2D eigenvalue weighted by molar-refractivity contribution is -0.217. The Hall–Kier alpha value is -0.120. The molecule has 28 heavy (non-hydrogen) atoms. The van der Waals surface area contributed by atoms with E-state index in [2.05, 4.69) is 34.6 Å². The third kappa shape index (κ3) is 2.22. The first-order valence-corrected chi connectivity index (χ1v) is 12.3. The van der Waals surface area contributed by atoms with Crippen LogP contribution in [0.5, 0.6) is 0 Å². The van der Waals surface area contributed by atoms with E-state index in [1.54, 1.807) is 0 Å². The average Bonchev–Trinajstić information content (AvgIpc) is 3.03. The first-order valence-electron chi connectivity index (χ1n) is 12.3. The number of hydrogen-bond donors (Lipinski definition) is 3. The van der Waals surface area contributed by atoms with Crippen molar-refractivity contribution in [2.75, 3.05) is 6.54 Å². The third-order valence-corrected chi connectivity index (χ3v) is 11.8. The Labute approximate surface area is 173 Å². The summed E-state index contributed by atoms with van der Waals surface area (Å²) in [6.45, 7) is 13.2. The summed E-state index contributed by atoms with van der Waals surface area (Å²) in [6.07, 6.45) is 12.6. The molecule has 0 aromatic rings. The van der Waals surface area contributed by atoms with Crippen molar-refractivity contribution in [3.63, 3.8) is 0 Å².